The predicted molar refractivity (Wildman–Crippen MR) is 146 cm³/mol. The molecule has 1 rings (SSSR count). The van der Waals surface area contributed by atoms with E-state index >= 15 is 0 Å². The van der Waals surface area contributed by atoms with E-state index in [0.717, 1.165) is 0 Å². The van der Waals surface area contributed by atoms with Gasteiger partial charge < -0.3 is 42.7 Å². The van der Waals surface area contributed by atoms with Gasteiger partial charge in [0.2, 0.25) is 17.7 Å². The number of rotatable bonds is 19. The Balaban J connectivity index is 3.09. The number of benzene rings is 1. The second kappa shape index (κ2) is 18.0. The third kappa shape index (κ3) is 13.3. The molecule has 1 aromatic carbocycles. The fraction of sp³-hybridized carbons (Fsp3) is 0.560. The van der Waals surface area contributed by atoms with Crippen LogP contribution in [0, 0.1) is 0 Å². The number of thioether (sulfide) groups is 1. The van der Waals surface area contributed by atoms with Crippen molar-refractivity contribution in [2.75, 3.05) is 18.6 Å². The number of unbranched alkanes of at least 4 members (excludes halogenated alkanes) is 1. The van der Waals surface area contributed by atoms with E-state index in [9.17, 15) is 34.2 Å². The molecule has 39 heavy (non-hydrogen) atoms. The zero-order chi connectivity index (χ0) is 29.4. The Labute approximate surface area is 231 Å². The lowest BCUT2D eigenvalue weighted by atomic mass is 10.0. The van der Waals surface area contributed by atoms with E-state index in [-0.39, 0.29) is 37.9 Å². The van der Waals surface area contributed by atoms with Gasteiger partial charge in [-0.1, -0.05) is 12.1 Å². The maximum atomic E-state index is 13.2. The predicted octanol–water partition coefficient (Wildman–Crippen LogP) is -0.452. The number of amides is 3. The molecule has 0 aromatic heterocycles. The van der Waals surface area contributed by atoms with E-state index in [1.54, 1.807) is 12.1 Å². The first-order valence-corrected chi connectivity index (χ1v) is 14.0. The topological polar surface area (TPSA) is 234 Å². The van der Waals surface area contributed by atoms with Gasteiger partial charge in [0, 0.05) is 12.8 Å². The molecular formula is C25H39N5O8S. The zero-order valence-corrected chi connectivity index (χ0v) is 22.7. The lowest BCUT2D eigenvalue weighted by Crippen LogP contribution is -2.57. The molecule has 0 fully saturated rings. The number of aliphatic carboxylic acids is 2. The maximum absolute atomic E-state index is 13.2. The van der Waals surface area contributed by atoms with Crippen molar-refractivity contribution in [1.29, 1.82) is 0 Å². The maximum Gasteiger partial charge on any atom is 0.326 e. The molecule has 4 unspecified atom stereocenters. The Morgan fingerprint density at radius 2 is 1.44 bits per heavy atom. The number of phenolic OH excluding ortho intramolecular Hbond substituents is 1. The molecule has 3 amide bonds. The average molecular weight is 570 g/mol. The molecule has 0 aliphatic carbocycles. The molecule has 0 heterocycles. The van der Waals surface area contributed by atoms with Crippen LogP contribution in [0.5, 0.6) is 5.75 Å². The Kier molecular flexibility index (Phi) is 15.6. The minimum atomic E-state index is -1.23. The summed E-state index contributed by atoms with van der Waals surface area (Å²) in [7, 11) is 0. The number of hydrogen-bond donors (Lipinski definition) is 8. The van der Waals surface area contributed by atoms with Crippen LogP contribution in [0.1, 0.15) is 44.1 Å². The average Bonchev–Trinajstić information content (AvgIpc) is 2.89. The van der Waals surface area contributed by atoms with Crippen molar-refractivity contribution in [2.24, 2.45) is 11.5 Å². The van der Waals surface area contributed by atoms with E-state index in [2.05, 4.69) is 16.0 Å². The molecular weight excluding hydrogens is 530 g/mol. The quantitative estimate of drug-likeness (QED) is 0.0993. The number of nitrogens with one attached hydrogen (secondary N) is 3. The minimum Gasteiger partial charge on any atom is -0.508 e. The van der Waals surface area contributed by atoms with E-state index < -0.39 is 53.8 Å². The van der Waals surface area contributed by atoms with E-state index in [1.807, 2.05) is 6.26 Å². The van der Waals surface area contributed by atoms with Crippen LogP contribution in [0.3, 0.4) is 0 Å². The first kappa shape index (κ1) is 33.7. The summed E-state index contributed by atoms with van der Waals surface area (Å²) < 4.78 is 0. The molecule has 13 nitrogen and oxygen atoms in total. The molecule has 0 spiro atoms. The number of carboxylic acid groups (broad SMARTS) is 2. The van der Waals surface area contributed by atoms with Gasteiger partial charge in [-0.3, -0.25) is 19.2 Å². The standard InChI is InChI=1S/C25H39N5O8S/c1-39-13-11-18(28-22(34)17(27)9-10-21(32)33)23(35)30-20(14-15-5-7-16(31)8-6-15)24(36)29-19(25(37)38)4-2-3-12-26/h5-8,17-20,31H,2-4,9-14,26-27H2,1H3,(H,28,34)(H,29,36)(H,30,35)(H,32,33)(H,37,38). The summed E-state index contributed by atoms with van der Waals surface area (Å²) in [5.74, 6) is -3.96. The van der Waals surface area contributed by atoms with Gasteiger partial charge in [-0.15, -0.1) is 0 Å². The van der Waals surface area contributed by atoms with Crippen molar-refractivity contribution in [3.63, 3.8) is 0 Å². The number of aromatic hydroxyl groups is 1. The van der Waals surface area contributed by atoms with Gasteiger partial charge in [-0.25, -0.2) is 4.79 Å². The Hall–Kier alpha value is -3.36. The molecule has 0 radical (unpaired) electrons. The molecule has 0 saturated carbocycles. The number of hydrogen-bond acceptors (Lipinski definition) is 9. The summed E-state index contributed by atoms with van der Waals surface area (Å²) >= 11 is 1.43. The summed E-state index contributed by atoms with van der Waals surface area (Å²) in [4.78, 5) is 61.5. The van der Waals surface area contributed by atoms with Gasteiger partial charge in [0.15, 0.2) is 0 Å². The molecule has 0 bridgehead atoms. The van der Waals surface area contributed by atoms with Crippen molar-refractivity contribution in [3.05, 3.63) is 29.8 Å². The highest BCUT2D eigenvalue weighted by Crippen LogP contribution is 2.13. The van der Waals surface area contributed by atoms with E-state index in [0.29, 0.717) is 30.7 Å². The molecule has 0 aliphatic rings. The normalized spacial score (nSPS) is 13.9. The van der Waals surface area contributed by atoms with Crippen LogP contribution >= 0.6 is 11.8 Å². The van der Waals surface area contributed by atoms with Gasteiger partial charge in [0.25, 0.3) is 0 Å². The number of carbonyl (C=O) groups excluding carboxylic acids is 3. The molecule has 0 aliphatic heterocycles. The SMILES string of the molecule is CSCCC(NC(=O)C(N)CCC(=O)O)C(=O)NC(Cc1ccc(O)cc1)C(=O)NC(CCCCN)C(=O)O. The monoisotopic (exact) mass is 569 g/mol. The van der Waals surface area contributed by atoms with Gasteiger partial charge in [-0.05, 0) is 68.4 Å². The van der Waals surface area contributed by atoms with Crippen LogP contribution < -0.4 is 27.4 Å². The molecule has 1 aromatic rings. The van der Waals surface area contributed by atoms with Crippen LogP contribution in [-0.2, 0) is 30.4 Å². The van der Waals surface area contributed by atoms with Crippen LogP contribution in [0.25, 0.3) is 0 Å². The Morgan fingerprint density at radius 3 is 2.00 bits per heavy atom. The number of carbonyl (C=O) groups is 5. The summed E-state index contributed by atoms with van der Waals surface area (Å²) in [6.45, 7) is 0.378. The zero-order valence-electron chi connectivity index (χ0n) is 21.9. The Morgan fingerprint density at radius 1 is 0.846 bits per heavy atom. The molecule has 218 valence electrons. The molecule has 14 heteroatoms. The summed E-state index contributed by atoms with van der Waals surface area (Å²) in [5.41, 5.74) is 11.8. The highest BCUT2D eigenvalue weighted by atomic mass is 32.2. The van der Waals surface area contributed by atoms with Crippen molar-refractivity contribution in [1.82, 2.24) is 16.0 Å². The van der Waals surface area contributed by atoms with E-state index in [1.165, 1.54) is 23.9 Å². The van der Waals surface area contributed by atoms with Crippen LogP contribution in [0.15, 0.2) is 24.3 Å². The highest BCUT2D eigenvalue weighted by molar-refractivity contribution is 7.98. The number of phenols is 1. The van der Waals surface area contributed by atoms with Gasteiger partial charge >= 0.3 is 11.9 Å². The van der Waals surface area contributed by atoms with E-state index in [4.69, 9.17) is 16.6 Å². The summed E-state index contributed by atoms with van der Waals surface area (Å²) in [6.07, 6.45) is 2.77. The lowest BCUT2D eigenvalue weighted by molar-refractivity contribution is -0.142. The molecule has 10 N–H and O–H groups in total. The van der Waals surface area contributed by atoms with Crippen LogP contribution in [-0.4, -0.2) is 87.7 Å². The fourth-order valence-corrected chi connectivity index (χ4v) is 4.04. The minimum absolute atomic E-state index is 0.00807. The molecule has 0 saturated heterocycles. The van der Waals surface area contributed by atoms with Gasteiger partial charge in [0.1, 0.15) is 23.9 Å². The van der Waals surface area contributed by atoms with Crippen LogP contribution in [0.4, 0.5) is 0 Å². The highest BCUT2D eigenvalue weighted by Gasteiger charge is 2.30. The van der Waals surface area contributed by atoms with Gasteiger partial charge in [0.05, 0.1) is 6.04 Å². The number of nitrogens with two attached hydrogens (primary N) is 2. The van der Waals surface area contributed by atoms with Gasteiger partial charge in [-0.2, -0.15) is 11.8 Å². The summed E-state index contributed by atoms with van der Waals surface area (Å²) in [5, 5.41) is 35.6. The van der Waals surface area contributed by atoms with Crippen LogP contribution in [0.2, 0.25) is 0 Å². The largest absolute Gasteiger partial charge is 0.508 e. The lowest BCUT2D eigenvalue weighted by Gasteiger charge is -2.25. The van der Waals surface area contributed by atoms with Crippen molar-refractivity contribution in [3.8, 4) is 5.75 Å². The number of carboxylic acids is 2. The first-order chi connectivity index (χ1) is 18.5. The third-order valence-electron chi connectivity index (χ3n) is 5.82. The second-order valence-corrected chi connectivity index (χ2v) is 9.98. The smallest absolute Gasteiger partial charge is 0.326 e. The second-order valence-electron chi connectivity index (χ2n) is 9.00. The van der Waals surface area contributed by atoms with Crippen molar-refractivity contribution >= 4 is 41.4 Å². The first-order valence-electron chi connectivity index (χ1n) is 12.6. The summed E-state index contributed by atoms with van der Waals surface area (Å²) in [6, 6.07) is 1.34. The molecule has 4 atom stereocenters. The van der Waals surface area contributed by atoms with Crippen molar-refractivity contribution in [2.45, 2.75) is 69.1 Å². The Bertz CT molecular complexity index is 962. The third-order valence-corrected chi connectivity index (χ3v) is 6.46. The van der Waals surface area contributed by atoms with Crippen molar-refractivity contribution < 1.29 is 39.3 Å². The fourth-order valence-electron chi connectivity index (χ4n) is 3.57.